The molecule has 0 bridgehead atoms. The molecule has 2 nitrogen and oxygen atoms in total. The molecule has 0 aliphatic carbocycles. The summed E-state index contributed by atoms with van der Waals surface area (Å²) in [6, 6.07) is 16.4. The van der Waals surface area contributed by atoms with Crippen LogP contribution in [0.25, 0.3) is 0 Å². The first-order chi connectivity index (χ1) is 9.79. The number of nitriles is 1. The predicted molar refractivity (Wildman–Crippen MR) is 79.0 cm³/mol. The Morgan fingerprint density at radius 3 is 2.70 bits per heavy atom. The monoisotopic (exact) mass is 282 g/mol. The lowest BCUT2D eigenvalue weighted by Crippen LogP contribution is -2.16. The van der Waals surface area contributed by atoms with Crippen molar-refractivity contribution in [1.82, 2.24) is 0 Å². The quantitative estimate of drug-likeness (QED) is 0.822. The van der Waals surface area contributed by atoms with E-state index in [0.717, 1.165) is 10.6 Å². The van der Waals surface area contributed by atoms with Gasteiger partial charge in [0.05, 0.1) is 17.5 Å². The normalized spacial score (nSPS) is 14.9. The molecule has 1 atom stereocenters. The smallest absolute Gasteiger partial charge is 0.128 e. The third-order valence-corrected chi connectivity index (χ3v) is 4.28. The van der Waals surface area contributed by atoms with Crippen molar-refractivity contribution in [1.29, 1.82) is 5.26 Å². The van der Waals surface area contributed by atoms with Crippen molar-refractivity contribution in [3.05, 3.63) is 59.9 Å². The molecule has 0 fully saturated rings. The SMILES string of the molecule is N#CC(C1=Nc2ccccc2SC1)c1ccccc1F. The Kier molecular flexibility index (Phi) is 3.53. The van der Waals surface area contributed by atoms with Gasteiger partial charge in [-0.15, -0.1) is 11.8 Å². The predicted octanol–water partition coefficient (Wildman–Crippen LogP) is 4.31. The summed E-state index contributed by atoms with van der Waals surface area (Å²) in [6.07, 6.45) is 0. The number of aliphatic imine (C=N–C) groups is 1. The molecular formula is C16H11FN2S. The third kappa shape index (κ3) is 2.33. The van der Waals surface area contributed by atoms with Gasteiger partial charge in [-0.3, -0.25) is 4.99 Å². The summed E-state index contributed by atoms with van der Waals surface area (Å²) in [6.45, 7) is 0. The molecule has 0 amide bonds. The van der Waals surface area contributed by atoms with Crippen LogP contribution in [-0.2, 0) is 0 Å². The highest BCUT2D eigenvalue weighted by molar-refractivity contribution is 8.00. The number of thioether (sulfide) groups is 1. The molecular weight excluding hydrogens is 271 g/mol. The lowest BCUT2D eigenvalue weighted by Gasteiger charge is -2.18. The van der Waals surface area contributed by atoms with E-state index in [0.29, 0.717) is 17.0 Å². The molecule has 1 aliphatic rings. The summed E-state index contributed by atoms with van der Waals surface area (Å²) in [5, 5.41) is 9.40. The van der Waals surface area contributed by atoms with E-state index in [2.05, 4.69) is 11.1 Å². The summed E-state index contributed by atoms with van der Waals surface area (Å²) in [5.74, 6) is -0.369. The zero-order valence-corrected chi connectivity index (χ0v) is 11.4. The zero-order valence-electron chi connectivity index (χ0n) is 10.6. The molecule has 0 spiro atoms. The Bertz CT molecular complexity index is 718. The Hall–Kier alpha value is -2.12. The Morgan fingerprint density at radius 1 is 1.15 bits per heavy atom. The van der Waals surface area contributed by atoms with Crippen molar-refractivity contribution in [3.8, 4) is 6.07 Å². The Balaban J connectivity index is 2.03. The molecule has 98 valence electrons. The lowest BCUT2D eigenvalue weighted by molar-refractivity contribution is 0.612. The van der Waals surface area contributed by atoms with Gasteiger partial charge in [0.15, 0.2) is 0 Å². The molecule has 0 saturated heterocycles. The zero-order chi connectivity index (χ0) is 13.9. The van der Waals surface area contributed by atoms with Gasteiger partial charge in [0, 0.05) is 16.2 Å². The van der Waals surface area contributed by atoms with Gasteiger partial charge >= 0.3 is 0 Å². The Morgan fingerprint density at radius 2 is 1.90 bits per heavy atom. The fraction of sp³-hybridized carbons (Fsp3) is 0.125. The number of hydrogen-bond donors (Lipinski definition) is 0. The van der Waals surface area contributed by atoms with E-state index >= 15 is 0 Å². The lowest BCUT2D eigenvalue weighted by atomic mass is 9.95. The van der Waals surface area contributed by atoms with E-state index in [-0.39, 0.29) is 5.82 Å². The van der Waals surface area contributed by atoms with Crippen LogP contribution in [0.15, 0.2) is 58.4 Å². The van der Waals surface area contributed by atoms with Crippen LogP contribution in [0.1, 0.15) is 11.5 Å². The second kappa shape index (κ2) is 5.48. The van der Waals surface area contributed by atoms with Crippen molar-refractivity contribution in [3.63, 3.8) is 0 Å². The first-order valence-corrected chi connectivity index (χ1v) is 7.21. The number of halogens is 1. The van der Waals surface area contributed by atoms with E-state index < -0.39 is 5.92 Å². The molecule has 0 saturated carbocycles. The minimum atomic E-state index is -0.628. The second-order valence-electron chi connectivity index (χ2n) is 4.44. The van der Waals surface area contributed by atoms with Crippen LogP contribution in [0, 0.1) is 17.1 Å². The largest absolute Gasteiger partial charge is 0.254 e. The standard InChI is InChI=1S/C16H11FN2S/c17-13-6-2-1-5-11(13)12(9-18)15-10-20-16-8-4-3-7-14(16)19-15/h1-8,12H,10H2. The van der Waals surface area contributed by atoms with Crippen LogP contribution in [0.4, 0.5) is 10.1 Å². The summed E-state index contributed by atoms with van der Waals surface area (Å²) in [7, 11) is 0. The number of benzene rings is 2. The maximum absolute atomic E-state index is 13.9. The van der Waals surface area contributed by atoms with Crippen molar-refractivity contribution in [2.24, 2.45) is 4.99 Å². The van der Waals surface area contributed by atoms with Gasteiger partial charge in [-0.05, 0) is 18.2 Å². The maximum Gasteiger partial charge on any atom is 0.128 e. The third-order valence-electron chi connectivity index (χ3n) is 3.18. The molecule has 0 aromatic heterocycles. The van der Waals surface area contributed by atoms with Crippen LogP contribution < -0.4 is 0 Å². The summed E-state index contributed by atoms with van der Waals surface area (Å²) >= 11 is 1.64. The highest BCUT2D eigenvalue weighted by Gasteiger charge is 2.24. The van der Waals surface area contributed by atoms with Gasteiger partial charge in [0.2, 0.25) is 0 Å². The summed E-state index contributed by atoms with van der Waals surface area (Å²) < 4.78 is 13.9. The van der Waals surface area contributed by atoms with Crippen molar-refractivity contribution >= 4 is 23.2 Å². The second-order valence-corrected chi connectivity index (χ2v) is 5.46. The number of hydrogen-bond acceptors (Lipinski definition) is 3. The first kappa shape index (κ1) is 12.9. The molecule has 1 unspecified atom stereocenters. The van der Waals surface area contributed by atoms with E-state index in [4.69, 9.17) is 0 Å². The minimum absolute atomic E-state index is 0.356. The van der Waals surface area contributed by atoms with Gasteiger partial charge in [-0.1, -0.05) is 30.3 Å². The Labute approximate surface area is 121 Å². The highest BCUT2D eigenvalue weighted by Crippen LogP contribution is 2.36. The fourth-order valence-electron chi connectivity index (χ4n) is 2.19. The van der Waals surface area contributed by atoms with Crippen LogP contribution in [0.3, 0.4) is 0 Å². The fourth-order valence-corrected chi connectivity index (χ4v) is 3.16. The molecule has 0 radical (unpaired) electrons. The van der Waals surface area contributed by atoms with Crippen LogP contribution in [0.5, 0.6) is 0 Å². The maximum atomic E-state index is 13.9. The van der Waals surface area contributed by atoms with Crippen molar-refractivity contribution < 1.29 is 4.39 Å². The number of rotatable bonds is 2. The number of para-hydroxylation sites is 1. The number of fused-ring (bicyclic) bond motifs is 1. The number of nitrogens with zero attached hydrogens (tertiary/aromatic N) is 2. The molecule has 2 aromatic rings. The van der Waals surface area contributed by atoms with E-state index in [1.54, 1.807) is 30.0 Å². The van der Waals surface area contributed by atoms with E-state index in [1.807, 2.05) is 24.3 Å². The summed E-state index contributed by atoms with van der Waals surface area (Å²) in [4.78, 5) is 5.64. The molecule has 1 aliphatic heterocycles. The average molecular weight is 282 g/mol. The molecule has 20 heavy (non-hydrogen) atoms. The molecule has 0 N–H and O–H groups in total. The van der Waals surface area contributed by atoms with Gasteiger partial charge in [-0.25, -0.2) is 4.39 Å². The average Bonchev–Trinajstić information content (AvgIpc) is 2.50. The van der Waals surface area contributed by atoms with Crippen LogP contribution >= 0.6 is 11.8 Å². The van der Waals surface area contributed by atoms with Crippen LogP contribution in [-0.4, -0.2) is 11.5 Å². The van der Waals surface area contributed by atoms with Gasteiger partial charge < -0.3 is 0 Å². The highest BCUT2D eigenvalue weighted by atomic mass is 32.2. The van der Waals surface area contributed by atoms with Crippen LogP contribution in [0.2, 0.25) is 0 Å². The van der Waals surface area contributed by atoms with Gasteiger partial charge in [0.25, 0.3) is 0 Å². The van der Waals surface area contributed by atoms with E-state index in [9.17, 15) is 9.65 Å². The molecule has 3 rings (SSSR count). The first-order valence-electron chi connectivity index (χ1n) is 6.23. The minimum Gasteiger partial charge on any atom is -0.254 e. The topological polar surface area (TPSA) is 36.1 Å². The van der Waals surface area contributed by atoms with Crippen molar-refractivity contribution in [2.75, 3.05) is 5.75 Å². The van der Waals surface area contributed by atoms with Crippen molar-refractivity contribution in [2.45, 2.75) is 10.8 Å². The summed E-state index contributed by atoms with van der Waals surface area (Å²) in [5.41, 5.74) is 1.96. The van der Waals surface area contributed by atoms with Gasteiger partial charge in [-0.2, -0.15) is 5.26 Å². The molecule has 2 aromatic carbocycles. The molecule has 4 heteroatoms. The molecule has 1 heterocycles. The van der Waals surface area contributed by atoms with E-state index in [1.165, 1.54) is 6.07 Å². The van der Waals surface area contributed by atoms with Gasteiger partial charge in [0.1, 0.15) is 11.7 Å².